The molecule has 1 atom stereocenters. The van der Waals surface area contributed by atoms with Crippen molar-refractivity contribution in [2.24, 2.45) is 5.92 Å². The Morgan fingerprint density at radius 1 is 0.931 bits per heavy atom. The minimum absolute atomic E-state index is 0. The first-order valence-corrected chi connectivity index (χ1v) is 10.2. The van der Waals surface area contributed by atoms with Crippen LogP contribution in [-0.2, 0) is 38.7 Å². The zero-order valence-electron chi connectivity index (χ0n) is 16.4. The molecule has 0 aromatic carbocycles. The standard InChI is InChI=1S/C18H28O9S.K.H/c1-6-7-15(28(22,23)24)8-9-25-18(21)14(10-26-16(19)12(2)3)11-27-17(20)13(4)5;;/h14-15H,2,4,6-11H2,1,3,5H3,(H,22,23,24);;. The normalized spacial score (nSPS) is 11.8. The second-order valence-electron chi connectivity index (χ2n) is 6.34. The summed E-state index contributed by atoms with van der Waals surface area (Å²) in [5.74, 6) is -3.40. The predicted molar refractivity (Wildman–Crippen MR) is 108 cm³/mol. The van der Waals surface area contributed by atoms with Crippen molar-refractivity contribution in [2.45, 2.75) is 45.3 Å². The van der Waals surface area contributed by atoms with Gasteiger partial charge in [-0.15, -0.1) is 0 Å². The van der Waals surface area contributed by atoms with Crippen molar-refractivity contribution in [1.82, 2.24) is 0 Å². The summed E-state index contributed by atoms with van der Waals surface area (Å²) >= 11 is 0. The van der Waals surface area contributed by atoms with Crippen LogP contribution in [0.3, 0.4) is 0 Å². The van der Waals surface area contributed by atoms with Gasteiger partial charge in [-0.25, -0.2) is 9.59 Å². The van der Waals surface area contributed by atoms with Crippen LogP contribution < -0.4 is 0 Å². The number of carbonyl (C=O) groups is 3. The van der Waals surface area contributed by atoms with Crippen molar-refractivity contribution in [3.8, 4) is 0 Å². The van der Waals surface area contributed by atoms with Gasteiger partial charge in [-0.1, -0.05) is 26.5 Å². The Morgan fingerprint density at radius 3 is 1.72 bits per heavy atom. The third-order valence-corrected chi connectivity index (χ3v) is 4.89. The van der Waals surface area contributed by atoms with Crippen molar-refractivity contribution in [3.05, 3.63) is 24.3 Å². The van der Waals surface area contributed by atoms with Gasteiger partial charge in [0.1, 0.15) is 19.1 Å². The van der Waals surface area contributed by atoms with E-state index in [2.05, 4.69) is 13.2 Å². The molecule has 0 aromatic heterocycles. The molecule has 0 fully saturated rings. The van der Waals surface area contributed by atoms with Crippen LogP contribution in [0.15, 0.2) is 24.3 Å². The fraction of sp³-hybridized carbons (Fsp3) is 0.611. The van der Waals surface area contributed by atoms with Crippen LogP contribution in [0, 0.1) is 5.92 Å². The number of hydrogen-bond acceptors (Lipinski definition) is 8. The van der Waals surface area contributed by atoms with E-state index in [1.54, 1.807) is 6.92 Å². The SMILES string of the molecule is C=C(C)C(=O)OCC(COC(=O)C(=C)C)C(=O)OCCC(CCC)S(=O)(=O)O.[KH]. The van der Waals surface area contributed by atoms with E-state index in [1.807, 2.05) is 0 Å². The third kappa shape index (κ3) is 13.4. The quantitative estimate of drug-likeness (QED) is 0.141. The average Bonchev–Trinajstić information content (AvgIpc) is 2.59. The van der Waals surface area contributed by atoms with Crippen LogP contribution in [0.1, 0.15) is 40.0 Å². The van der Waals surface area contributed by atoms with E-state index in [0.29, 0.717) is 6.42 Å². The molecule has 0 aliphatic heterocycles. The van der Waals surface area contributed by atoms with Crippen LogP contribution in [0.25, 0.3) is 0 Å². The van der Waals surface area contributed by atoms with Gasteiger partial charge in [-0.3, -0.25) is 9.35 Å². The molecule has 0 heterocycles. The van der Waals surface area contributed by atoms with E-state index < -0.39 is 52.4 Å². The number of carbonyl (C=O) groups excluding carboxylic acids is 3. The van der Waals surface area contributed by atoms with Crippen molar-refractivity contribution in [2.75, 3.05) is 19.8 Å². The molecule has 0 saturated heterocycles. The fourth-order valence-corrected chi connectivity index (χ4v) is 2.88. The summed E-state index contributed by atoms with van der Waals surface area (Å²) in [4.78, 5) is 35.3. The zero-order valence-corrected chi connectivity index (χ0v) is 17.2. The van der Waals surface area contributed by atoms with Gasteiger partial charge >= 0.3 is 69.3 Å². The maximum absolute atomic E-state index is 12.2. The first kappa shape index (κ1) is 30.6. The fourth-order valence-electron chi connectivity index (χ4n) is 1.96. The van der Waals surface area contributed by atoms with Gasteiger partial charge in [-0.05, 0) is 20.3 Å². The predicted octanol–water partition coefficient (Wildman–Crippen LogP) is 1.18. The van der Waals surface area contributed by atoms with Gasteiger partial charge < -0.3 is 14.2 Å². The summed E-state index contributed by atoms with van der Waals surface area (Å²) in [7, 11) is -4.26. The van der Waals surface area contributed by atoms with E-state index >= 15 is 0 Å². The summed E-state index contributed by atoms with van der Waals surface area (Å²) in [5.41, 5.74) is 0.253. The Kier molecular flexibility index (Phi) is 16.1. The molecule has 0 amide bonds. The number of esters is 3. The summed E-state index contributed by atoms with van der Waals surface area (Å²) in [5, 5.41) is -1.05. The van der Waals surface area contributed by atoms with Crippen LogP contribution >= 0.6 is 0 Å². The number of hydrogen-bond donors (Lipinski definition) is 1. The van der Waals surface area contributed by atoms with Gasteiger partial charge in [0.25, 0.3) is 10.1 Å². The third-order valence-electron chi connectivity index (χ3n) is 3.58. The van der Waals surface area contributed by atoms with Crippen molar-refractivity contribution >= 4 is 79.4 Å². The van der Waals surface area contributed by atoms with Crippen LogP contribution in [0.4, 0.5) is 0 Å². The van der Waals surface area contributed by atoms with Crippen LogP contribution in [0.5, 0.6) is 0 Å². The molecule has 0 rings (SSSR count). The van der Waals surface area contributed by atoms with E-state index in [1.165, 1.54) is 13.8 Å². The van der Waals surface area contributed by atoms with E-state index in [9.17, 15) is 27.4 Å². The monoisotopic (exact) mass is 460 g/mol. The molecule has 0 aliphatic carbocycles. The first-order chi connectivity index (χ1) is 12.9. The summed E-state index contributed by atoms with van der Waals surface area (Å²) in [6, 6.07) is 0. The van der Waals surface area contributed by atoms with Gasteiger partial charge in [0, 0.05) is 17.6 Å². The molecule has 9 nitrogen and oxygen atoms in total. The minimum atomic E-state index is -4.26. The molecule has 0 radical (unpaired) electrons. The molecule has 0 aliphatic rings. The molecule has 1 unspecified atom stereocenters. The van der Waals surface area contributed by atoms with Crippen molar-refractivity contribution in [1.29, 1.82) is 0 Å². The molecule has 162 valence electrons. The molecule has 29 heavy (non-hydrogen) atoms. The van der Waals surface area contributed by atoms with Gasteiger partial charge in [0.2, 0.25) is 0 Å². The second kappa shape index (κ2) is 15.3. The Balaban J connectivity index is 0. The Morgan fingerprint density at radius 2 is 1.38 bits per heavy atom. The summed E-state index contributed by atoms with van der Waals surface area (Å²) in [6.45, 7) is 10.4. The van der Waals surface area contributed by atoms with Gasteiger partial charge in [0.05, 0.1) is 11.9 Å². The Labute approximate surface area is 214 Å². The average molecular weight is 461 g/mol. The Bertz CT molecular complexity index is 670. The van der Waals surface area contributed by atoms with Gasteiger partial charge in [-0.2, -0.15) is 8.42 Å². The van der Waals surface area contributed by atoms with Crippen LogP contribution in [0.2, 0.25) is 0 Å². The summed E-state index contributed by atoms with van der Waals surface area (Å²) < 4.78 is 46.6. The van der Waals surface area contributed by atoms with E-state index in [4.69, 9.17) is 14.2 Å². The van der Waals surface area contributed by atoms with Crippen LogP contribution in [-0.4, -0.2) is 107 Å². The first-order valence-electron chi connectivity index (χ1n) is 8.68. The maximum atomic E-state index is 12.2. The van der Waals surface area contributed by atoms with Crippen molar-refractivity contribution in [3.63, 3.8) is 0 Å². The molecule has 0 saturated carbocycles. The molecular formula is C18H29KO9S. The number of ether oxygens (including phenoxy) is 3. The van der Waals surface area contributed by atoms with E-state index in [-0.39, 0.29) is 82.0 Å². The zero-order chi connectivity index (χ0) is 21.9. The molecule has 0 spiro atoms. The molecule has 1 N–H and O–H groups in total. The Hall–Kier alpha value is -0.564. The molecule has 0 bridgehead atoms. The topological polar surface area (TPSA) is 133 Å². The molecule has 0 aromatic rings. The second-order valence-corrected chi connectivity index (χ2v) is 8.03. The van der Waals surface area contributed by atoms with Crippen molar-refractivity contribution < 1.29 is 41.6 Å². The van der Waals surface area contributed by atoms with E-state index in [0.717, 1.165) is 0 Å². The summed E-state index contributed by atoms with van der Waals surface area (Å²) in [6.07, 6.45) is 0.642. The van der Waals surface area contributed by atoms with Gasteiger partial charge in [0.15, 0.2) is 0 Å². The molecular weight excluding hydrogens is 431 g/mol. The number of rotatable bonds is 13. The molecule has 11 heteroatoms.